The molecule has 8 heteroatoms. The van der Waals surface area contributed by atoms with Crippen molar-refractivity contribution in [3.05, 3.63) is 71.8 Å². The number of aliphatic hydroxyl groups is 1. The van der Waals surface area contributed by atoms with Gasteiger partial charge in [0, 0.05) is 23.2 Å². The second kappa shape index (κ2) is 8.64. The van der Waals surface area contributed by atoms with E-state index in [0.29, 0.717) is 22.1 Å². The lowest BCUT2D eigenvalue weighted by molar-refractivity contribution is -0.137. The molecule has 1 atom stereocenters. The number of nitrogens with two attached hydrogens (primary N) is 1. The zero-order valence-electron chi connectivity index (χ0n) is 16.0. The zero-order valence-corrected chi connectivity index (χ0v) is 16.0. The number of benzene rings is 3. The summed E-state index contributed by atoms with van der Waals surface area (Å²) in [6, 6.07) is 14.4. The van der Waals surface area contributed by atoms with Gasteiger partial charge in [-0.3, -0.25) is 4.79 Å². The number of ether oxygens (including phenoxy) is 1. The highest BCUT2D eigenvalue weighted by Gasteiger charge is 2.30. The summed E-state index contributed by atoms with van der Waals surface area (Å²) in [5, 5.41) is 11.0. The molecule has 0 heterocycles. The lowest BCUT2D eigenvalue weighted by Crippen LogP contribution is -2.27. The van der Waals surface area contributed by atoms with Crippen LogP contribution in [-0.2, 0) is 6.18 Å². The lowest BCUT2D eigenvalue weighted by atomic mass is 10.1. The van der Waals surface area contributed by atoms with E-state index in [1.54, 1.807) is 36.4 Å². The molecule has 0 saturated carbocycles. The molecule has 5 nitrogen and oxygen atoms in total. The molecule has 0 radical (unpaired) electrons. The largest absolute Gasteiger partial charge is 0.457 e. The maximum absolute atomic E-state index is 12.7. The number of hydrogen-bond donors (Lipinski definition) is 2. The van der Waals surface area contributed by atoms with Crippen LogP contribution in [0.15, 0.2) is 65.7 Å². The Kier molecular flexibility index (Phi) is 6.19. The van der Waals surface area contributed by atoms with Gasteiger partial charge in [0.05, 0.1) is 5.56 Å². The molecule has 3 rings (SSSR count). The Hall–Kier alpha value is -3.23. The van der Waals surface area contributed by atoms with Gasteiger partial charge in [0.2, 0.25) is 0 Å². The second-order valence-electron chi connectivity index (χ2n) is 6.63. The number of amides is 1. The minimum absolute atomic E-state index is 0.0367. The summed E-state index contributed by atoms with van der Waals surface area (Å²) in [7, 11) is 0. The molecule has 156 valence electrons. The van der Waals surface area contributed by atoms with E-state index in [1.807, 2.05) is 0 Å². The molecular formula is C22H19F3N2O3. The lowest BCUT2D eigenvalue weighted by Gasteiger charge is -2.11. The third kappa shape index (κ3) is 4.84. The first kappa shape index (κ1) is 21.5. The van der Waals surface area contributed by atoms with Crippen molar-refractivity contribution >= 4 is 22.4 Å². The van der Waals surface area contributed by atoms with Gasteiger partial charge in [0.15, 0.2) is 0 Å². The molecule has 0 bridgehead atoms. The van der Waals surface area contributed by atoms with Gasteiger partial charge in [-0.2, -0.15) is 13.2 Å². The van der Waals surface area contributed by atoms with Crippen LogP contribution in [0.3, 0.4) is 0 Å². The summed E-state index contributed by atoms with van der Waals surface area (Å²) in [6.07, 6.45) is -5.40. The van der Waals surface area contributed by atoms with E-state index in [0.717, 1.165) is 12.1 Å². The van der Waals surface area contributed by atoms with Crippen LogP contribution in [0.4, 0.5) is 13.2 Å². The van der Waals surface area contributed by atoms with E-state index in [4.69, 9.17) is 10.5 Å². The van der Waals surface area contributed by atoms with Crippen LogP contribution >= 0.6 is 0 Å². The predicted octanol–water partition coefficient (Wildman–Crippen LogP) is 4.57. The molecule has 0 aliphatic rings. The minimum Gasteiger partial charge on any atom is -0.457 e. The first-order valence-electron chi connectivity index (χ1n) is 9.04. The molecule has 0 aliphatic heterocycles. The minimum atomic E-state index is -4.41. The van der Waals surface area contributed by atoms with Crippen molar-refractivity contribution in [2.75, 3.05) is 6.54 Å². The molecule has 0 unspecified atom stereocenters. The van der Waals surface area contributed by atoms with Gasteiger partial charge in [-0.15, -0.1) is 0 Å². The molecule has 0 fully saturated rings. The van der Waals surface area contributed by atoms with Crippen molar-refractivity contribution in [3.63, 3.8) is 0 Å². The van der Waals surface area contributed by atoms with E-state index in [-0.39, 0.29) is 18.0 Å². The van der Waals surface area contributed by atoms with Crippen LogP contribution in [-0.4, -0.2) is 29.4 Å². The van der Waals surface area contributed by atoms with Gasteiger partial charge in [-0.1, -0.05) is 12.1 Å². The van der Waals surface area contributed by atoms with Gasteiger partial charge in [-0.25, -0.2) is 4.99 Å². The van der Waals surface area contributed by atoms with E-state index >= 15 is 0 Å². The topological polar surface area (TPSA) is 84.9 Å². The molecule has 3 aromatic carbocycles. The van der Waals surface area contributed by atoms with Crippen LogP contribution in [0.25, 0.3) is 10.8 Å². The van der Waals surface area contributed by atoms with Crippen molar-refractivity contribution < 1.29 is 27.8 Å². The molecule has 1 amide bonds. The number of rotatable bonds is 5. The average molecular weight is 416 g/mol. The van der Waals surface area contributed by atoms with Crippen LogP contribution in [0.1, 0.15) is 22.8 Å². The number of fused-ring (bicyclic) bond motifs is 1. The molecule has 0 saturated heterocycles. The first-order chi connectivity index (χ1) is 14.2. The van der Waals surface area contributed by atoms with Gasteiger partial charge >= 0.3 is 6.18 Å². The zero-order chi connectivity index (χ0) is 21.9. The van der Waals surface area contributed by atoms with Crippen LogP contribution in [0.5, 0.6) is 11.5 Å². The smallest absolute Gasteiger partial charge is 0.416 e. The SMILES string of the molecule is CC(=NC(=O)c1ccc2c(Oc3ccc(C(F)(F)F)cc3)cccc2c1)[C@H](O)CN. The monoisotopic (exact) mass is 416 g/mol. The van der Waals surface area contributed by atoms with E-state index in [1.165, 1.54) is 19.1 Å². The van der Waals surface area contributed by atoms with E-state index in [2.05, 4.69) is 4.99 Å². The van der Waals surface area contributed by atoms with Gasteiger partial charge < -0.3 is 15.6 Å². The molecule has 3 N–H and O–H groups in total. The quantitative estimate of drug-likeness (QED) is 0.597. The molecule has 0 spiro atoms. The fraction of sp³-hybridized carbons (Fsp3) is 0.182. The van der Waals surface area contributed by atoms with Gasteiger partial charge in [-0.05, 0) is 60.8 Å². The van der Waals surface area contributed by atoms with Gasteiger partial charge in [0.25, 0.3) is 5.91 Å². The Labute approximate surface area is 170 Å². The first-order valence-corrected chi connectivity index (χ1v) is 9.04. The summed E-state index contributed by atoms with van der Waals surface area (Å²) < 4.78 is 43.9. The highest BCUT2D eigenvalue weighted by atomic mass is 19.4. The normalized spacial score (nSPS) is 13.3. The molecule has 30 heavy (non-hydrogen) atoms. The second-order valence-corrected chi connectivity index (χ2v) is 6.63. The Bertz CT molecular complexity index is 1090. The van der Waals surface area contributed by atoms with Crippen molar-refractivity contribution in [2.24, 2.45) is 10.7 Å². The Morgan fingerprint density at radius 2 is 1.83 bits per heavy atom. The number of aliphatic hydroxyl groups excluding tert-OH is 1. The summed E-state index contributed by atoms with van der Waals surface area (Å²) in [4.78, 5) is 16.2. The van der Waals surface area contributed by atoms with Crippen molar-refractivity contribution in [1.29, 1.82) is 0 Å². The molecule has 0 aromatic heterocycles. The van der Waals surface area contributed by atoms with E-state index < -0.39 is 23.8 Å². The van der Waals surface area contributed by atoms with Crippen LogP contribution in [0.2, 0.25) is 0 Å². The number of halogens is 3. The summed E-state index contributed by atoms with van der Waals surface area (Å²) >= 11 is 0. The van der Waals surface area contributed by atoms with Crippen molar-refractivity contribution in [2.45, 2.75) is 19.2 Å². The average Bonchev–Trinajstić information content (AvgIpc) is 2.72. The predicted molar refractivity (Wildman–Crippen MR) is 108 cm³/mol. The maximum atomic E-state index is 12.7. The number of carbonyl (C=O) groups is 1. The summed E-state index contributed by atoms with van der Waals surface area (Å²) in [5.41, 5.74) is 5.14. The third-order valence-corrected chi connectivity index (χ3v) is 4.48. The fourth-order valence-corrected chi connectivity index (χ4v) is 2.78. The van der Waals surface area contributed by atoms with Gasteiger partial charge in [0.1, 0.15) is 17.6 Å². The Balaban J connectivity index is 1.87. The van der Waals surface area contributed by atoms with Crippen LogP contribution in [0, 0.1) is 0 Å². The Morgan fingerprint density at radius 1 is 1.13 bits per heavy atom. The fourth-order valence-electron chi connectivity index (χ4n) is 2.78. The Morgan fingerprint density at radius 3 is 2.47 bits per heavy atom. The number of alkyl halides is 3. The van der Waals surface area contributed by atoms with E-state index in [9.17, 15) is 23.1 Å². The molecule has 0 aliphatic carbocycles. The highest BCUT2D eigenvalue weighted by Crippen LogP contribution is 2.33. The summed E-state index contributed by atoms with van der Waals surface area (Å²) in [6.45, 7) is 1.48. The maximum Gasteiger partial charge on any atom is 0.416 e. The molecule has 3 aromatic rings. The highest BCUT2D eigenvalue weighted by molar-refractivity contribution is 6.06. The third-order valence-electron chi connectivity index (χ3n) is 4.48. The standard InChI is InChI=1S/C22H19F3N2O3/c1-13(19(28)12-26)27-21(29)15-5-10-18-14(11-15)3-2-4-20(18)30-17-8-6-16(7-9-17)22(23,24)25/h2-11,19,28H,12,26H2,1H3/t19-/m1/s1. The van der Waals surface area contributed by atoms with Crippen LogP contribution < -0.4 is 10.5 Å². The van der Waals surface area contributed by atoms with Crippen molar-refractivity contribution in [3.8, 4) is 11.5 Å². The number of aliphatic imine (C=N–C) groups is 1. The number of hydrogen-bond acceptors (Lipinski definition) is 4. The number of carbonyl (C=O) groups excluding carboxylic acids is 1. The van der Waals surface area contributed by atoms with Crippen molar-refractivity contribution in [1.82, 2.24) is 0 Å². The number of nitrogens with zero attached hydrogens (tertiary/aromatic N) is 1. The summed E-state index contributed by atoms with van der Waals surface area (Å²) in [5.74, 6) is 0.173. The molecular weight excluding hydrogens is 397 g/mol.